The van der Waals surface area contributed by atoms with Crippen LogP contribution in [0.15, 0.2) is 12.4 Å². The summed E-state index contributed by atoms with van der Waals surface area (Å²) in [5, 5.41) is 17.8. The number of anilines is 1. The van der Waals surface area contributed by atoms with Crippen molar-refractivity contribution in [3.8, 4) is 0 Å². The van der Waals surface area contributed by atoms with Crippen molar-refractivity contribution in [2.24, 2.45) is 0 Å². The van der Waals surface area contributed by atoms with Crippen LogP contribution in [0.2, 0.25) is 5.15 Å². The lowest BCUT2D eigenvalue weighted by atomic mass is 9.98. The van der Waals surface area contributed by atoms with E-state index in [2.05, 4.69) is 20.4 Å². The molecule has 0 fully saturated rings. The van der Waals surface area contributed by atoms with E-state index in [1.807, 2.05) is 13.8 Å². The zero-order valence-electron chi connectivity index (χ0n) is 10.4. The minimum absolute atomic E-state index is 0.342. The monoisotopic (exact) mass is 269 g/mol. The Morgan fingerprint density at radius 1 is 1.44 bits per heavy atom. The Morgan fingerprint density at radius 2 is 2.17 bits per heavy atom. The van der Waals surface area contributed by atoms with Crippen LogP contribution in [-0.2, 0) is 0 Å². The molecule has 7 heteroatoms. The van der Waals surface area contributed by atoms with Crippen LogP contribution in [-0.4, -0.2) is 36.8 Å². The van der Waals surface area contributed by atoms with Gasteiger partial charge in [-0.2, -0.15) is 19.6 Å². The van der Waals surface area contributed by atoms with Crippen LogP contribution in [0.3, 0.4) is 0 Å². The molecule has 0 amide bonds. The third-order valence-electron chi connectivity index (χ3n) is 3.14. The van der Waals surface area contributed by atoms with Gasteiger partial charge in [-0.25, -0.2) is 0 Å². The molecule has 0 aromatic carbocycles. The van der Waals surface area contributed by atoms with Gasteiger partial charge in [-0.15, -0.1) is 0 Å². The van der Waals surface area contributed by atoms with Crippen molar-refractivity contribution in [2.75, 3.05) is 11.9 Å². The maximum atomic E-state index is 10.2. The van der Waals surface area contributed by atoms with Crippen LogP contribution in [0.5, 0.6) is 0 Å². The summed E-state index contributed by atoms with van der Waals surface area (Å²) in [7, 11) is 0. The van der Waals surface area contributed by atoms with Crippen LogP contribution in [0.4, 0.5) is 5.82 Å². The summed E-state index contributed by atoms with van der Waals surface area (Å²) in [5.41, 5.74) is -0.733. The SMILES string of the molecule is CCC(O)(CC)CNc1cc(Cl)nc2ncnn12. The van der Waals surface area contributed by atoms with E-state index in [-0.39, 0.29) is 0 Å². The lowest BCUT2D eigenvalue weighted by Gasteiger charge is -2.25. The smallest absolute Gasteiger partial charge is 0.255 e. The van der Waals surface area contributed by atoms with Gasteiger partial charge in [0, 0.05) is 12.6 Å². The molecular weight excluding hydrogens is 254 g/mol. The fourth-order valence-corrected chi connectivity index (χ4v) is 1.84. The number of halogens is 1. The van der Waals surface area contributed by atoms with Gasteiger partial charge in [0.15, 0.2) is 0 Å². The van der Waals surface area contributed by atoms with Crippen molar-refractivity contribution in [1.29, 1.82) is 0 Å². The molecule has 6 nitrogen and oxygen atoms in total. The number of hydrogen-bond acceptors (Lipinski definition) is 5. The third kappa shape index (κ3) is 2.54. The predicted octanol–water partition coefficient (Wildman–Crippen LogP) is 1.74. The van der Waals surface area contributed by atoms with Crippen LogP contribution in [0, 0.1) is 0 Å². The molecular formula is C11H16ClN5O. The molecule has 0 aliphatic carbocycles. The molecule has 0 aliphatic heterocycles. The Labute approximate surface area is 110 Å². The number of fused-ring (bicyclic) bond motifs is 1. The lowest BCUT2D eigenvalue weighted by molar-refractivity contribution is 0.0456. The van der Waals surface area contributed by atoms with Crippen molar-refractivity contribution >= 4 is 23.2 Å². The summed E-state index contributed by atoms with van der Waals surface area (Å²) in [4.78, 5) is 8.01. The molecule has 98 valence electrons. The highest BCUT2D eigenvalue weighted by molar-refractivity contribution is 6.29. The second-order valence-electron chi connectivity index (χ2n) is 4.22. The van der Waals surface area contributed by atoms with Gasteiger partial charge in [-0.3, -0.25) is 0 Å². The second-order valence-corrected chi connectivity index (χ2v) is 4.61. The Bertz CT molecular complexity index is 537. The number of rotatable bonds is 5. The molecule has 18 heavy (non-hydrogen) atoms. The minimum atomic E-state index is -0.733. The van der Waals surface area contributed by atoms with Gasteiger partial charge in [0.1, 0.15) is 17.3 Å². The molecule has 0 atom stereocenters. The van der Waals surface area contributed by atoms with E-state index >= 15 is 0 Å². The summed E-state index contributed by atoms with van der Waals surface area (Å²) in [6.07, 6.45) is 2.77. The van der Waals surface area contributed by atoms with E-state index < -0.39 is 5.60 Å². The quantitative estimate of drug-likeness (QED) is 0.809. The van der Waals surface area contributed by atoms with E-state index in [9.17, 15) is 5.11 Å². The van der Waals surface area contributed by atoms with Crippen molar-refractivity contribution in [1.82, 2.24) is 19.6 Å². The molecule has 0 aliphatic rings. The first kappa shape index (κ1) is 13.0. The van der Waals surface area contributed by atoms with Crippen LogP contribution in [0.25, 0.3) is 5.78 Å². The van der Waals surface area contributed by atoms with Crippen LogP contribution in [0.1, 0.15) is 26.7 Å². The molecule has 0 unspecified atom stereocenters. The zero-order valence-corrected chi connectivity index (χ0v) is 11.1. The van der Waals surface area contributed by atoms with E-state index in [0.29, 0.717) is 36.1 Å². The van der Waals surface area contributed by atoms with E-state index in [1.165, 1.54) is 6.33 Å². The van der Waals surface area contributed by atoms with Crippen LogP contribution >= 0.6 is 11.6 Å². The highest BCUT2D eigenvalue weighted by atomic mass is 35.5. The summed E-state index contributed by atoms with van der Waals surface area (Å²) >= 11 is 5.90. The Balaban J connectivity index is 2.24. The van der Waals surface area contributed by atoms with E-state index in [1.54, 1.807) is 10.6 Å². The summed E-state index contributed by atoms with van der Waals surface area (Å²) in [6, 6.07) is 1.66. The third-order valence-corrected chi connectivity index (χ3v) is 3.33. The Hall–Kier alpha value is -1.40. The van der Waals surface area contributed by atoms with Gasteiger partial charge < -0.3 is 10.4 Å². The van der Waals surface area contributed by atoms with Gasteiger partial charge in [-0.05, 0) is 12.8 Å². The maximum absolute atomic E-state index is 10.2. The first-order chi connectivity index (χ1) is 8.58. The number of nitrogens with one attached hydrogen (secondary N) is 1. The summed E-state index contributed by atoms with van der Waals surface area (Å²) in [5.74, 6) is 1.10. The van der Waals surface area contributed by atoms with Gasteiger partial charge in [0.2, 0.25) is 0 Å². The fraction of sp³-hybridized carbons (Fsp3) is 0.545. The van der Waals surface area contributed by atoms with Crippen molar-refractivity contribution < 1.29 is 5.11 Å². The minimum Gasteiger partial charge on any atom is -0.388 e. The summed E-state index contributed by atoms with van der Waals surface area (Å²) in [6.45, 7) is 4.33. The molecule has 0 saturated heterocycles. The molecule has 2 N–H and O–H groups in total. The van der Waals surface area contributed by atoms with Crippen molar-refractivity contribution in [2.45, 2.75) is 32.3 Å². The number of hydrogen-bond donors (Lipinski definition) is 2. The molecule has 2 heterocycles. The lowest BCUT2D eigenvalue weighted by Crippen LogP contribution is -2.35. The topological polar surface area (TPSA) is 75.3 Å². The van der Waals surface area contributed by atoms with Crippen molar-refractivity contribution in [3.05, 3.63) is 17.5 Å². The average molecular weight is 270 g/mol. The van der Waals surface area contributed by atoms with E-state index in [4.69, 9.17) is 11.6 Å². The first-order valence-electron chi connectivity index (χ1n) is 5.90. The van der Waals surface area contributed by atoms with Gasteiger partial charge >= 0.3 is 0 Å². The van der Waals surface area contributed by atoms with Crippen molar-refractivity contribution in [3.63, 3.8) is 0 Å². The largest absolute Gasteiger partial charge is 0.388 e. The predicted molar refractivity (Wildman–Crippen MR) is 69.8 cm³/mol. The van der Waals surface area contributed by atoms with Crippen LogP contribution < -0.4 is 5.32 Å². The number of nitrogens with zero attached hydrogens (tertiary/aromatic N) is 4. The molecule has 2 rings (SSSR count). The molecule has 2 aromatic heterocycles. The van der Waals surface area contributed by atoms with E-state index in [0.717, 1.165) is 0 Å². The highest BCUT2D eigenvalue weighted by Crippen LogP contribution is 2.18. The zero-order chi connectivity index (χ0) is 13.2. The molecule has 0 saturated carbocycles. The number of aliphatic hydroxyl groups is 1. The fourth-order valence-electron chi connectivity index (χ4n) is 1.66. The standard InChI is InChI=1S/C11H16ClN5O/c1-3-11(18,4-2)6-13-9-5-8(12)16-10-14-7-15-17(9)10/h5,7,13,18H,3-4,6H2,1-2H3. The molecule has 0 bridgehead atoms. The second kappa shape index (κ2) is 5.07. The van der Waals surface area contributed by atoms with Gasteiger partial charge in [-0.1, -0.05) is 25.4 Å². The average Bonchev–Trinajstić information content (AvgIpc) is 2.83. The molecule has 0 spiro atoms. The maximum Gasteiger partial charge on any atom is 0.255 e. The molecule has 2 aromatic rings. The van der Waals surface area contributed by atoms with Gasteiger partial charge in [0.05, 0.1) is 5.60 Å². The summed E-state index contributed by atoms with van der Waals surface area (Å²) < 4.78 is 1.55. The Morgan fingerprint density at radius 3 is 2.83 bits per heavy atom. The Kier molecular flexibility index (Phi) is 3.68. The molecule has 0 radical (unpaired) electrons. The number of aromatic nitrogens is 4. The van der Waals surface area contributed by atoms with Gasteiger partial charge in [0.25, 0.3) is 5.78 Å². The first-order valence-corrected chi connectivity index (χ1v) is 6.28. The normalized spacial score (nSPS) is 12.0. The highest BCUT2D eigenvalue weighted by Gasteiger charge is 2.22.